The van der Waals surface area contributed by atoms with Gasteiger partial charge in [-0.25, -0.2) is 8.42 Å². The van der Waals surface area contributed by atoms with Crippen LogP contribution in [0, 0.1) is 5.41 Å². The third kappa shape index (κ3) is 4.73. The van der Waals surface area contributed by atoms with E-state index in [0.717, 1.165) is 6.26 Å². The summed E-state index contributed by atoms with van der Waals surface area (Å²) in [5.41, 5.74) is 0.348. The summed E-state index contributed by atoms with van der Waals surface area (Å²) < 4.78 is 29.9. The number of benzene rings is 1. The van der Waals surface area contributed by atoms with E-state index in [9.17, 15) is 13.2 Å². The average Bonchev–Trinajstić information content (AvgIpc) is 2.27. The molecule has 1 aromatic carbocycles. The van der Waals surface area contributed by atoms with E-state index in [2.05, 4.69) is 10.0 Å². The van der Waals surface area contributed by atoms with Gasteiger partial charge in [-0.15, -0.1) is 0 Å². The van der Waals surface area contributed by atoms with E-state index in [-0.39, 0.29) is 5.91 Å². The molecule has 1 amide bonds. The lowest BCUT2D eigenvalue weighted by Crippen LogP contribution is -2.27. The Labute approximate surface area is 119 Å². The number of nitrogens with one attached hydrogen (secondary N) is 2. The number of methoxy groups -OCH3 is 1. The lowest BCUT2D eigenvalue weighted by molar-refractivity contribution is -0.123. The highest BCUT2D eigenvalue weighted by Gasteiger charge is 2.21. The molecule has 2 N–H and O–H groups in total. The van der Waals surface area contributed by atoms with Crippen molar-refractivity contribution >= 4 is 27.3 Å². The Morgan fingerprint density at radius 3 is 2.30 bits per heavy atom. The van der Waals surface area contributed by atoms with Crippen LogP contribution in [0.1, 0.15) is 20.8 Å². The maximum atomic E-state index is 11.9. The molecule has 0 aliphatic heterocycles. The Morgan fingerprint density at radius 2 is 1.85 bits per heavy atom. The number of rotatable bonds is 4. The van der Waals surface area contributed by atoms with E-state index in [4.69, 9.17) is 4.74 Å². The Bertz CT molecular complexity index is 603. The molecule has 0 aromatic heterocycles. The summed E-state index contributed by atoms with van der Waals surface area (Å²) in [6.45, 7) is 5.41. The monoisotopic (exact) mass is 300 g/mol. The molecule has 0 aliphatic rings. The zero-order chi connectivity index (χ0) is 15.6. The molecule has 0 fully saturated rings. The van der Waals surface area contributed by atoms with Crippen LogP contribution < -0.4 is 14.8 Å². The summed E-state index contributed by atoms with van der Waals surface area (Å²) in [6, 6.07) is 4.72. The normalized spacial score (nSPS) is 11.8. The standard InChI is InChI=1S/C13H20N2O4S/c1-13(2,3)12(16)14-9-6-7-10(11(8-9)19-4)15-20(5,17)18/h6-8,15H,1-5H3,(H,14,16). The van der Waals surface area contributed by atoms with Crippen molar-refractivity contribution in [1.29, 1.82) is 0 Å². The third-order valence-electron chi connectivity index (χ3n) is 2.44. The van der Waals surface area contributed by atoms with Gasteiger partial charge >= 0.3 is 0 Å². The van der Waals surface area contributed by atoms with Gasteiger partial charge in [-0.05, 0) is 12.1 Å². The highest BCUT2D eigenvalue weighted by molar-refractivity contribution is 7.92. The van der Waals surface area contributed by atoms with Crippen molar-refractivity contribution in [1.82, 2.24) is 0 Å². The van der Waals surface area contributed by atoms with Gasteiger partial charge in [-0.2, -0.15) is 0 Å². The van der Waals surface area contributed by atoms with Gasteiger partial charge in [0.05, 0.1) is 19.1 Å². The fourth-order valence-corrected chi connectivity index (χ4v) is 1.94. The summed E-state index contributed by atoms with van der Waals surface area (Å²) in [6.07, 6.45) is 1.06. The quantitative estimate of drug-likeness (QED) is 0.891. The lowest BCUT2D eigenvalue weighted by Gasteiger charge is -2.18. The minimum absolute atomic E-state index is 0.136. The van der Waals surface area contributed by atoms with Crippen LogP contribution >= 0.6 is 0 Å². The first kappa shape index (κ1) is 16.3. The number of hydrogen-bond donors (Lipinski definition) is 2. The topological polar surface area (TPSA) is 84.5 Å². The predicted octanol–water partition coefficient (Wildman–Crippen LogP) is 2.05. The number of sulfonamides is 1. The number of hydrogen-bond acceptors (Lipinski definition) is 4. The molecule has 7 heteroatoms. The number of anilines is 2. The molecule has 0 saturated heterocycles. The Hall–Kier alpha value is -1.76. The number of carbonyl (C=O) groups is 1. The molecular formula is C13H20N2O4S. The molecule has 1 aromatic rings. The van der Waals surface area contributed by atoms with Gasteiger partial charge in [0.2, 0.25) is 15.9 Å². The fourth-order valence-electron chi connectivity index (χ4n) is 1.37. The molecule has 0 unspecified atom stereocenters. The van der Waals surface area contributed by atoms with Crippen molar-refractivity contribution in [2.24, 2.45) is 5.41 Å². The highest BCUT2D eigenvalue weighted by Crippen LogP contribution is 2.29. The van der Waals surface area contributed by atoms with Crippen LogP contribution in [-0.2, 0) is 14.8 Å². The maximum Gasteiger partial charge on any atom is 0.229 e. The van der Waals surface area contributed by atoms with Gasteiger partial charge in [0.15, 0.2) is 0 Å². The van der Waals surface area contributed by atoms with Crippen LogP contribution in [0.25, 0.3) is 0 Å². The molecule has 0 spiro atoms. The Morgan fingerprint density at radius 1 is 1.25 bits per heavy atom. The second-order valence-corrected chi connectivity index (χ2v) is 7.24. The average molecular weight is 300 g/mol. The van der Waals surface area contributed by atoms with Crippen molar-refractivity contribution in [3.05, 3.63) is 18.2 Å². The van der Waals surface area contributed by atoms with Gasteiger partial charge in [0.25, 0.3) is 0 Å². The first-order chi connectivity index (χ1) is 9.03. The number of ether oxygens (including phenoxy) is 1. The van der Waals surface area contributed by atoms with E-state index in [1.807, 2.05) is 0 Å². The van der Waals surface area contributed by atoms with Crippen LogP contribution in [0.2, 0.25) is 0 Å². The van der Waals surface area contributed by atoms with Crippen molar-refractivity contribution in [2.45, 2.75) is 20.8 Å². The minimum Gasteiger partial charge on any atom is -0.494 e. The molecule has 6 nitrogen and oxygen atoms in total. The second kappa shape index (κ2) is 5.70. The first-order valence-electron chi connectivity index (χ1n) is 6.00. The van der Waals surface area contributed by atoms with Gasteiger partial charge in [0, 0.05) is 17.2 Å². The largest absolute Gasteiger partial charge is 0.494 e. The SMILES string of the molecule is COc1cc(NC(=O)C(C)(C)C)ccc1NS(C)(=O)=O. The summed E-state index contributed by atoms with van der Waals surface area (Å²) in [5, 5.41) is 2.75. The number of carbonyl (C=O) groups excluding carboxylic acids is 1. The van der Waals surface area contributed by atoms with E-state index in [1.54, 1.807) is 32.9 Å². The summed E-state index contributed by atoms with van der Waals surface area (Å²) in [7, 11) is -1.96. The predicted molar refractivity (Wildman–Crippen MR) is 79.5 cm³/mol. The van der Waals surface area contributed by atoms with Gasteiger partial charge in [0.1, 0.15) is 5.75 Å². The summed E-state index contributed by atoms with van der Waals surface area (Å²) >= 11 is 0. The molecule has 0 bridgehead atoms. The van der Waals surface area contributed by atoms with Crippen LogP contribution in [0.4, 0.5) is 11.4 Å². The smallest absolute Gasteiger partial charge is 0.229 e. The first-order valence-corrected chi connectivity index (χ1v) is 7.89. The van der Waals surface area contributed by atoms with Gasteiger partial charge in [-0.3, -0.25) is 9.52 Å². The molecular weight excluding hydrogens is 280 g/mol. The molecule has 0 atom stereocenters. The fraction of sp³-hybridized carbons (Fsp3) is 0.462. The van der Waals surface area contributed by atoms with Crippen molar-refractivity contribution in [3.8, 4) is 5.75 Å². The second-order valence-electron chi connectivity index (χ2n) is 5.49. The van der Waals surface area contributed by atoms with Crippen molar-refractivity contribution < 1.29 is 17.9 Å². The van der Waals surface area contributed by atoms with Gasteiger partial charge < -0.3 is 10.1 Å². The lowest BCUT2D eigenvalue weighted by atomic mass is 9.95. The summed E-state index contributed by atoms with van der Waals surface area (Å²) in [4.78, 5) is 11.9. The van der Waals surface area contributed by atoms with E-state index in [1.165, 1.54) is 13.2 Å². The molecule has 112 valence electrons. The maximum absolute atomic E-state index is 11.9. The highest BCUT2D eigenvalue weighted by atomic mass is 32.2. The third-order valence-corrected chi connectivity index (χ3v) is 3.03. The van der Waals surface area contributed by atoms with Crippen molar-refractivity contribution in [3.63, 3.8) is 0 Å². The zero-order valence-electron chi connectivity index (χ0n) is 12.3. The minimum atomic E-state index is -3.39. The number of amides is 1. The van der Waals surface area contributed by atoms with E-state index >= 15 is 0 Å². The summed E-state index contributed by atoms with van der Waals surface area (Å²) in [5.74, 6) is 0.200. The van der Waals surface area contributed by atoms with Crippen LogP contribution in [0.3, 0.4) is 0 Å². The Balaban J connectivity index is 3.01. The molecule has 0 aliphatic carbocycles. The molecule has 1 rings (SSSR count). The molecule has 0 heterocycles. The van der Waals surface area contributed by atoms with Crippen LogP contribution in [0.15, 0.2) is 18.2 Å². The van der Waals surface area contributed by atoms with E-state index in [0.29, 0.717) is 17.1 Å². The van der Waals surface area contributed by atoms with E-state index < -0.39 is 15.4 Å². The van der Waals surface area contributed by atoms with Crippen molar-refractivity contribution in [2.75, 3.05) is 23.4 Å². The van der Waals surface area contributed by atoms with Crippen LogP contribution in [-0.4, -0.2) is 27.7 Å². The van der Waals surface area contributed by atoms with Crippen LogP contribution in [0.5, 0.6) is 5.75 Å². The zero-order valence-corrected chi connectivity index (χ0v) is 13.1. The Kier molecular flexibility index (Phi) is 4.65. The molecule has 0 radical (unpaired) electrons. The molecule has 0 saturated carbocycles. The van der Waals surface area contributed by atoms with Gasteiger partial charge in [-0.1, -0.05) is 20.8 Å². The molecule has 20 heavy (non-hydrogen) atoms.